The number of amides is 4. The molecule has 0 spiro atoms. The molecule has 11 N–H and O–H groups in total. The van der Waals surface area contributed by atoms with Crippen molar-refractivity contribution in [3.63, 3.8) is 0 Å². The maximum Gasteiger partial charge on any atom is 0.303 e. The van der Waals surface area contributed by atoms with Crippen molar-refractivity contribution in [1.29, 1.82) is 0 Å². The molecule has 0 fully saturated rings. The van der Waals surface area contributed by atoms with Gasteiger partial charge in [-0.25, -0.2) is 0 Å². The second-order valence-corrected chi connectivity index (χ2v) is 14.8. The number of phenols is 2. The van der Waals surface area contributed by atoms with Crippen LogP contribution < -0.4 is 26.6 Å². The Morgan fingerprint density at radius 2 is 1.07 bits per heavy atom. The Kier molecular flexibility index (Phi) is 18.8. The number of carbonyl (C=O) groups excluding carboxylic acids is 4. The first kappa shape index (κ1) is 47.3. The molecule has 0 saturated heterocycles. The molecule has 0 aliphatic heterocycles. The molecule has 0 aromatic heterocycles. The minimum atomic E-state index is -1.73. The Hall–Kier alpha value is -6.04. The first-order chi connectivity index (χ1) is 27.9. The van der Waals surface area contributed by atoms with Gasteiger partial charge in [0, 0.05) is 24.8 Å². The largest absolute Gasteiger partial charge is 0.508 e. The smallest absolute Gasteiger partial charge is 0.303 e. The van der Waals surface area contributed by atoms with Crippen molar-refractivity contribution in [2.75, 3.05) is 0 Å². The molecule has 0 radical (unpaired) electrons. The summed E-state index contributed by atoms with van der Waals surface area (Å²) < 4.78 is 0. The van der Waals surface area contributed by atoms with Crippen LogP contribution in [0.15, 0.2) is 78.9 Å². The predicted molar refractivity (Wildman–Crippen MR) is 215 cm³/mol. The lowest BCUT2D eigenvalue weighted by molar-refractivity contribution is -0.139. The summed E-state index contributed by atoms with van der Waals surface area (Å²) in [5.41, 5.74) is 1.43. The van der Waals surface area contributed by atoms with Gasteiger partial charge in [0.2, 0.25) is 17.7 Å². The normalized spacial score (nSPS) is 14.7. The summed E-state index contributed by atoms with van der Waals surface area (Å²) in [6, 6.07) is 14.2. The zero-order valence-corrected chi connectivity index (χ0v) is 33.2. The second kappa shape index (κ2) is 23.4. The lowest BCUT2D eigenvalue weighted by Crippen LogP contribution is -2.61. The number of hydrogen-bond acceptors (Lipinski definition) is 11. The molecule has 3 aromatic carbocycles. The van der Waals surface area contributed by atoms with Gasteiger partial charge in [-0.1, -0.05) is 56.3 Å². The minimum absolute atomic E-state index is 0.0451. The molecule has 0 heterocycles. The molecule has 17 heteroatoms. The van der Waals surface area contributed by atoms with E-state index in [0.29, 0.717) is 5.56 Å². The molecule has 3 aromatic rings. The van der Waals surface area contributed by atoms with Crippen LogP contribution >= 0.6 is 0 Å². The van der Waals surface area contributed by atoms with E-state index in [4.69, 9.17) is 5.11 Å². The van der Waals surface area contributed by atoms with E-state index in [2.05, 4.69) is 26.6 Å². The van der Waals surface area contributed by atoms with Crippen molar-refractivity contribution in [3.05, 3.63) is 95.6 Å². The quantitative estimate of drug-likeness (QED) is 0.0574. The Labute approximate surface area is 342 Å². The van der Waals surface area contributed by atoms with Gasteiger partial charge < -0.3 is 51.9 Å². The molecule has 17 nitrogen and oxygen atoms in total. The highest BCUT2D eigenvalue weighted by Crippen LogP contribution is 2.16. The minimum Gasteiger partial charge on any atom is -0.508 e. The van der Waals surface area contributed by atoms with Crippen LogP contribution in [0, 0.1) is 5.92 Å². The molecule has 320 valence electrons. The van der Waals surface area contributed by atoms with Gasteiger partial charge in [0.15, 0.2) is 0 Å². The van der Waals surface area contributed by atoms with Crippen molar-refractivity contribution >= 4 is 35.6 Å². The summed E-state index contributed by atoms with van der Waals surface area (Å²) in [5.74, 6) is -5.49. The van der Waals surface area contributed by atoms with Gasteiger partial charge in [-0.15, -0.1) is 0 Å². The zero-order chi connectivity index (χ0) is 43.6. The van der Waals surface area contributed by atoms with E-state index in [1.807, 2.05) is 13.8 Å². The molecule has 0 aliphatic rings. The first-order valence-electron chi connectivity index (χ1n) is 19.3. The average molecular weight is 822 g/mol. The molecule has 59 heavy (non-hydrogen) atoms. The Balaban J connectivity index is 1.91. The summed E-state index contributed by atoms with van der Waals surface area (Å²) in [6.07, 6.45) is -4.17. The summed E-state index contributed by atoms with van der Waals surface area (Å²) in [4.78, 5) is 77.6. The molecule has 0 aliphatic carbocycles. The number of aromatic hydroxyl groups is 2. The number of benzene rings is 3. The van der Waals surface area contributed by atoms with E-state index in [0.717, 1.165) is 5.56 Å². The third-order valence-corrected chi connectivity index (χ3v) is 9.39. The van der Waals surface area contributed by atoms with Crippen LogP contribution in [0.25, 0.3) is 0 Å². The highest BCUT2D eigenvalue weighted by atomic mass is 16.4. The number of rotatable bonds is 24. The Morgan fingerprint density at radius 1 is 0.559 bits per heavy atom. The summed E-state index contributed by atoms with van der Waals surface area (Å²) in [5, 5.41) is 73.4. The number of aliphatic hydroxyl groups excluding tert-OH is 2. The lowest BCUT2D eigenvalue weighted by atomic mass is 9.99. The highest BCUT2D eigenvalue weighted by Gasteiger charge is 2.33. The third-order valence-electron chi connectivity index (χ3n) is 9.39. The molecule has 6 unspecified atom stereocenters. The average Bonchev–Trinajstić information content (AvgIpc) is 3.17. The first-order valence-corrected chi connectivity index (χ1v) is 19.3. The molecule has 4 amide bonds. The summed E-state index contributed by atoms with van der Waals surface area (Å²) in [7, 11) is 0. The molecule has 0 saturated carbocycles. The van der Waals surface area contributed by atoms with Crippen LogP contribution in [0.2, 0.25) is 0 Å². The SMILES string of the molecule is CC(C)CC(NC(=O)C(Cc1ccccc1)NC(=O)c1ccc(O)cc1)C(=O)NC(Cc1ccc(O)cc1)C(O)N[C@@H](CCC(=O)O)C(=O)NC(CCC(=O)O)C(C)O. The van der Waals surface area contributed by atoms with Crippen LogP contribution in [-0.2, 0) is 36.8 Å². The second-order valence-electron chi connectivity index (χ2n) is 14.8. The van der Waals surface area contributed by atoms with Crippen molar-refractivity contribution in [2.45, 2.75) is 108 Å². The topological polar surface area (TPSA) is 284 Å². The molecular formula is C42H55N5O12. The Bertz CT molecular complexity index is 1840. The zero-order valence-electron chi connectivity index (χ0n) is 33.2. The van der Waals surface area contributed by atoms with Gasteiger partial charge in [0.25, 0.3) is 5.91 Å². The van der Waals surface area contributed by atoms with E-state index in [1.165, 1.54) is 43.3 Å². The van der Waals surface area contributed by atoms with Crippen LogP contribution in [0.5, 0.6) is 11.5 Å². The number of aliphatic hydroxyl groups is 2. The molecule has 3 rings (SSSR count). The van der Waals surface area contributed by atoms with Gasteiger partial charge in [0.1, 0.15) is 29.8 Å². The maximum atomic E-state index is 14.2. The summed E-state index contributed by atoms with van der Waals surface area (Å²) in [6.45, 7) is 5.01. The number of carboxylic acid groups (broad SMARTS) is 2. The third kappa shape index (κ3) is 16.8. The lowest BCUT2D eigenvalue weighted by Gasteiger charge is -2.32. The number of aliphatic carboxylic acids is 2. The molecular weight excluding hydrogens is 766 g/mol. The number of phenolic OH excluding ortho intramolecular Hbond substituents is 2. The van der Waals surface area contributed by atoms with Crippen molar-refractivity contribution in [2.24, 2.45) is 5.92 Å². The van der Waals surface area contributed by atoms with Crippen LogP contribution in [0.3, 0.4) is 0 Å². The molecule has 7 atom stereocenters. The van der Waals surface area contributed by atoms with E-state index < -0.39 is 84.5 Å². The van der Waals surface area contributed by atoms with E-state index in [1.54, 1.807) is 42.5 Å². The standard InChI is InChI=1S/C42H55N5O12/c1-24(2)21-33(46-42(59)34(22-26-7-5-4-6-8-26)45-38(55)28-11-15-30(50)16-12-28)40(57)47-35(23-27-9-13-29(49)14-10-27)41(58)44-32(18-20-37(53)54)39(56)43-31(25(3)48)17-19-36(51)52/h4-16,24-25,31-35,41,44,48-50,58H,17-23H2,1-3H3,(H,43,56)(H,45,55)(H,46,59)(H,47,57)(H,51,52)(H,53,54)/t25?,31?,32-,33?,34?,35?,41?/m0/s1. The number of hydrogen-bond donors (Lipinski definition) is 11. The fourth-order valence-electron chi connectivity index (χ4n) is 6.18. The van der Waals surface area contributed by atoms with E-state index >= 15 is 0 Å². The van der Waals surface area contributed by atoms with Crippen molar-refractivity contribution < 1.29 is 59.4 Å². The van der Waals surface area contributed by atoms with Gasteiger partial charge >= 0.3 is 11.9 Å². The molecule has 0 bridgehead atoms. The maximum absolute atomic E-state index is 14.2. The van der Waals surface area contributed by atoms with Crippen molar-refractivity contribution in [1.82, 2.24) is 26.6 Å². The summed E-state index contributed by atoms with van der Waals surface area (Å²) >= 11 is 0. The Morgan fingerprint density at radius 3 is 1.63 bits per heavy atom. The monoisotopic (exact) mass is 821 g/mol. The van der Waals surface area contributed by atoms with E-state index in [9.17, 15) is 54.3 Å². The number of nitrogens with one attached hydrogen (secondary N) is 5. The van der Waals surface area contributed by atoms with Crippen LogP contribution in [0.1, 0.15) is 74.4 Å². The van der Waals surface area contributed by atoms with Crippen LogP contribution in [-0.4, -0.2) is 109 Å². The fourth-order valence-corrected chi connectivity index (χ4v) is 6.18. The van der Waals surface area contributed by atoms with Gasteiger partial charge in [0.05, 0.1) is 24.2 Å². The van der Waals surface area contributed by atoms with Crippen LogP contribution in [0.4, 0.5) is 0 Å². The fraction of sp³-hybridized carbons (Fsp3) is 0.429. The van der Waals surface area contributed by atoms with Gasteiger partial charge in [-0.2, -0.15) is 0 Å². The van der Waals surface area contributed by atoms with Gasteiger partial charge in [-0.3, -0.25) is 34.1 Å². The number of carboxylic acids is 2. The van der Waals surface area contributed by atoms with Gasteiger partial charge in [-0.05, 0) is 86.1 Å². The highest BCUT2D eigenvalue weighted by molar-refractivity contribution is 5.98. The van der Waals surface area contributed by atoms with E-state index in [-0.39, 0.29) is 61.5 Å². The number of carbonyl (C=O) groups is 6. The van der Waals surface area contributed by atoms with Crippen molar-refractivity contribution in [3.8, 4) is 11.5 Å². The predicted octanol–water partition coefficient (Wildman–Crippen LogP) is 1.57.